The molecule has 2 rings (SSSR count). The zero-order valence-corrected chi connectivity index (χ0v) is 12.6. The van der Waals surface area contributed by atoms with Gasteiger partial charge in [-0.3, -0.25) is 0 Å². The summed E-state index contributed by atoms with van der Waals surface area (Å²) in [6, 6.07) is 1.87. The van der Waals surface area contributed by atoms with Crippen molar-refractivity contribution in [3.05, 3.63) is 17.5 Å². The van der Waals surface area contributed by atoms with Crippen LogP contribution in [0.25, 0.3) is 0 Å². The van der Waals surface area contributed by atoms with E-state index in [4.69, 9.17) is 4.74 Å². The molecule has 112 valence electrons. The maximum absolute atomic E-state index is 12.1. The van der Waals surface area contributed by atoms with Crippen LogP contribution in [0.1, 0.15) is 11.4 Å². The van der Waals surface area contributed by atoms with Crippen molar-refractivity contribution in [2.45, 2.75) is 13.8 Å². The highest BCUT2D eigenvalue weighted by Gasteiger charge is 2.23. The summed E-state index contributed by atoms with van der Waals surface area (Å²) in [7, 11) is -3.24. The van der Waals surface area contributed by atoms with E-state index in [1.54, 1.807) is 0 Å². The molecule has 1 fully saturated rings. The predicted octanol–water partition coefficient (Wildman–Crippen LogP) is 0.167. The third-order valence-corrected chi connectivity index (χ3v) is 4.86. The minimum absolute atomic E-state index is 0.0311. The first kappa shape index (κ1) is 15.1. The van der Waals surface area contributed by atoms with Crippen molar-refractivity contribution in [1.29, 1.82) is 0 Å². The molecule has 2 heterocycles. The van der Waals surface area contributed by atoms with Gasteiger partial charge in [-0.15, -0.1) is 0 Å². The molecule has 20 heavy (non-hydrogen) atoms. The Kier molecular flexibility index (Phi) is 4.90. The second-order valence-electron chi connectivity index (χ2n) is 4.73. The monoisotopic (exact) mass is 300 g/mol. The van der Waals surface area contributed by atoms with E-state index < -0.39 is 10.0 Å². The standard InChI is InChI=1S/C12H20N4O3S/c1-10-9-11(2)15-12(14-10)13-3-8-20(17,18)16-4-6-19-7-5-16/h9H,3-8H2,1-2H3,(H,13,14,15). The number of anilines is 1. The van der Waals surface area contributed by atoms with Gasteiger partial charge < -0.3 is 10.1 Å². The Balaban J connectivity index is 1.88. The van der Waals surface area contributed by atoms with Crippen LogP contribution >= 0.6 is 0 Å². The molecule has 0 saturated carbocycles. The zero-order valence-electron chi connectivity index (χ0n) is 11.8. The van der Waals surface area contributed by atoms with Crippen LogP contribution in [0.15, 0.2) is 6.07 Å². The summed E-state index contributed by atoms with van der Waals surface area (Å²) in [6.45, 7) is 5.85. The van der Waals surface area contributed by atoms with Crippen molar-refractivity contribution in [2.75, 3.05) is 43.9 Å². The number of nitrogens with one attached hydrogen (secondary N) is 1. The van der Waals surface area contributed by atoms with E-state index in [9.17, 15) is 8.42 Å². The molecule has 0 amide bonds. The average Bonchev–Trinajstić information content (AvgIpc) is 2.38. The van der Waals surface area contributed by atoms with E-state index in [-0.39, 0.29) is 5.75 Å². The molecule has 0 aliphatic carbocycles. The number of ether oxygens (including phenoxy) is 1. The molecule has 1 aromatic heterocycles. The van der Waals surface area contributed by atoms with Gasteiger partial charge in [0.05, 0.1) is 19.0 Å². The molecule has 0 atom stereocenters. The number of nitrogens with zero attached hydrogens (tertiary/aromatic N) is 3. The number of hydrogen-bond acceptors (Lipinski definition) is 6. The minimum Gasteiger partial charge on any atom is -0.379 e. The lowest BCUT2D eigenvalue weighted by Gasteiger charge is -2.26. The average molecular weight is 300 g/mol. The predicted molar refractivity (Wildman–Crippen MR) is 76.2 cm³/mol. The Hall–Kier alpha value is -1.25. The maximum atomic E-state index is 12.1. The van der Waals surface area contributed by atoms with E-state index >= 15 is 0 Å². The van der Waals surface area contributed by atoms with E-state index in [0.29, 0.717) is 38.8 Å². The number of hydrogen-bond donors (Lipinski definition) is 1. The van der Waals surface area contributed by atoms with E-state index in [2.05, 4.69) is 15.3 Å². The van der Waals surface area contributed by atoms with Gasteiger partial charge in [-0.25, -0.2) is 18.4 Å². The van der Waals surface area contributed by atoms with Gasteiger partial charge in [-0.1, -0.05) is 0 Å². The lowest BCUT2D eigenvalue weighted by Crippen LogP contribution is -2.42. The van der Waals surface area contributed by atoms with Gasteiger partial charge in [0.15, 0.2) is 0 Å². The van der Waals surface area contributed by atoms with Crippen LogP contribution in [-0.4, -0.2) is 61.3 Å². The molecule has 1 aromatic rings. The fourth-order valence-corrected chi connectivity index (χ4v) is 3.37. The number of morpholine rings is 1. The fourth-order valence-electron chi connectivity index (χ4n) is 2.05. The van der Waals surface area contributed by atoms with Crippen LogP contribution in [-0.2, 0) is 14.8 Å². The van der Waals surface area contributed by atoms with E-state index in [0.717, 1.165) is 11.4 Å². The van der Waals surface area contributed by atoms with Gasteiger partial charge in [0.25, 0.3) is 0 Å². The summed E-state index contributed by atoms with van der Waals surface area (Å²) in [5, 5.41) is 2.96. The van der Waals surface area contributed by atoms with Gasteiger partial charge >= 0.3 is 0 Å². The zero-order chi connectivity index (χ0) is 14.6. The highest BCUT2D eigenvalue weighted by atomic mass is 32.2. The van der Waals surface area contributed by atoms with Gasteiger partial charge in [-0.05, 0) is 19.9 Å². The summed E-state index contributed by atoms with van der Waals surface area (Å²) >= 11 is 0. The molecule has 0 spiro atoms. The number of sulfonamides is 1. The highest BCUT2D eigenvalue weighted by molar-refractivity contribution is 7.89. The Morgan fingerprint density at radius 1 is 1.25 bits per heavy atom. The highest BCUT2D eigenvalue weighted by Crippen LogP contribution is 2.07. The smallest absolute Gasteiger partial charge is 0.223 e. The molecule has 0 bridgehead atoms. The molecule has 1 aliphatic heterocycles. The molecular formula is C12H20N4O3S. The van der Waals surface area contributed by atoms with E-state index in [1.807, 2.05) is 19.9 Å². The third-order valence-electron chi connectivity index (χ3n) is 2.99. The van der Waals surface area contributed by atoms with Crippen molar-refractivity contribution in [3.8, 4) is 0 Å². The molecule has 0 radical (unpaired) electrons. The van der Waals surface area contributed by atoms with Crippen LogP contribution in [0.3, 0.4) is 0 Å². The lowest BCUT2D eigenvalue weighted by atomic mass is 10.4. The van der Waals surface area contributed by atoms with Gasteiger partial charge in [-0.2, -0.15) is 4.31 Å². The fraction of sp³-hybridized carbons (Fsp3) is 0.667. The molecular weight excluding hydrogens is 280 g/mol. The van der Waals surface area contributed by atoms with E-state index in [1.165, 1.54) is 4.31 Å². The largest absolute Gasteiger partial charge is 0.379 e. The molecule has 1 aliphatic rings. The van der Waals surface area contributed by atoms with Crippen LogP contribution in [0.4, 0.5) is 5.95 Å². The summed E-state index contributed by atoms with van der Waals surface area (Å²) < 4.78 is 30.8. The summed E-state index contributed by atoms with van der Waals surface area (Å²) in [4.78, 5) is 8.43. The first-order valence-corrected chi connectivity index (χ1v) is 8.20. The van der Waals surface area contributed by atoms with Crippen molar-refractivity contribution >= 4 is 16.0 Å². The molecule has 0 aromatic carbocycles. The van der Waals surface area contributed by atoms with Crippen molar-refractivity contribution < 1.29 is 13.2 Å². The third kappa shape index (κ3) is 4.12. The Morgan fingerprint density at radius 2 is 1.85 bits per heavy atom. The minimum atomic E-state index is -3.24. The second kappa shape index (κ2) is 6.47. The van der Waals surface area contributed by atoms with Crippen LogP contribution in [0.2, 0.25) is 0 Å². The molecule has 0 unspecified atom stereocenters. The SMILES string of the molecule is Cc1cc(C)nc(NCCS(=O)(=O)N2CCOCC2)n1. The molecule has 8 heteroatoms. The number of rotatable bonds is 5. The molecule has 7 nitrogen and oxygen atoms in total. The Labute approximate surface area is 119 Å². The Morgan fingerprint density at radius 3 is 2.45 bits per heavy atom. The maximum Gasteiger partial charge on any atom is 0.223 e. The number of aromatic nitrogens is 2. The van der Waals surface area contributed by atoms with Crippen molar-refractivity contribution in [3.63, 3.8) is 0 Å². The quantitative estimate of drug-likeness (QED) is 0.834. The van der Waals surface area contributed by atoms with Crippen LogP contribution in [0, 0.1) is 13.8 Å². The summed E-state index contributed by atoms with van der Waals surface area (Å²) in [5.74, 6) is 0.503. The molecule has 1 N–H and O–H groups in total. The van der Waals surface area contributed by atoms with Crippen molar-refractivity contribution in [2.24, 2.45) is 0 Å². The van der Waals surface area contributed by atoms with Crippen LogP contribution in [0.5, 0.6) is 0 Å². The van der Waals surface area contributed by atoms with Gasteiger partial charge in [0.1, 0.15) is 0 Å². The van der Waals surface area contributed by atoms with Gasteiger partial charge in [0.2, 0.25) is 16.0 Å². The van der Waals surface area contributed by atoms with Crippen LogP contribution < -0.4 is 5.32 Å². The Bertz CT molecular complexity index is 536. The summed E-state index contributed by atoms with van der Waals surface area (Å²) in [6.07, 6.45) is 0. The molecule has 1 saturated heterocycles. The topological polar surface area (TPSA) is 84.4 Å². The first-order valence-electron chi connectivity index (χ1n) is 6.59. The number of aryl methyl sites for hydroxylation is 2. The second-order valence-corrected chi connectivity index (χ2v) is 6.82. The van der Waals surface area contributed by atoms with Gasteiger partial charge in [0, 0.05) is 31.0 Å². The van der Waals surface area contributed by atoms with Crippen molar-refractivity contribution in [1.82, 2.24) is 14.3 Å². The lowest BCUT2D eigenvalue weighted by molar-refractivity contribution is 0.0731. The summed E-state index contributed by atoms with van der Waals surface area (Å²) in [5.41, 5.74) is 1.71. The first-order chi connectivity index (χ1) is 9.47. The normalized spacial score (nSPS) is 17.1.